The minimum Gasteiger partial charge on any atom is -0.430 e. The largest absolute Gasteiger partial charge is 0.513 e. The van der Waals surface area contributed by atoms with Crippen LogP contribution in [0.15, 0.2) is 49.2 Å². The van der Waals surface area contributed by atoms with Gasteiger partial charge in [-0.3, -0.25) is 4.79 Å². The molecule has 0 spiro atoms. The summed E-state index contributed by atoms with van der Waals surface area (Å²) in [4.78, 5) is 23.4. The summed E-state index contributed by atoms with van der Waals surface area (Å²) in [6.07, 6.45) is 1.58. The second kappa shape index (κ2) is 8.02. The number of carbonyl (C=O) groups excluding carboxylic acids is 2. The maximum absolute atomic E-state index is 12.0. The van der Waals surface area contributed by atoms with Gasteiger partial charge in [0.2, 0.25) is 0 Å². The first kappa shape index (κ1) is 17.5. The summed E-state index contributed by atoms with van der Waals surface area (Å²) in [5.74, 6) is -0.304. The Morgan fingerprint density at radius 3 is 2.36 bits per heavy atom. The Morgan fingerprint density at radius 2 is 1.82 bits per heavy atom. The summed E-state index contributed by atoms with van der Waals surface area (Å²) in [5.41, 5.74) is -0.0753. The highest BCUT2D eigenvalue weighted by molar-refractivity contribution is 5.82. The summed E-state index contributed by atoms with van der Waals surface area (Å²) in [5, 5.41) is 0. The summed E-state index contributed by atoms with van der Waals surface area (Å²) in [7, 11) is 0. The van der Waals surface area contributed by atoms with Gasteiger partial charge in [0.05, 0.1) is 5.41 Å². The van der Waals surface area contributed by atoms with Gasteiger partial charge in [-0.05, 0) is 20.8 Å². The van der Waals surface area contributed by atoms with Crippen LogP contribution in [0.25, 0.3) is 5.76 Å². The lowest BCUT2D eigenvalue weighted by Crippen LogP contribution is -2.22. The third-order valence-electron chi connectivity index (χ3n) is 2.45. The molecule has 5 nitrogen and oxygen atoms in total. The van der Waals surface area contributed by atoms with Crippen LogP contribution in [-0.4, -0.2) is 18.7 Å². The van der Waals surface area contributed by atoms with Crippen molar-refractivity contribution >= 4 is 17.9 Å². The predicted octanol–water partition coefficient (Wildman–Crippen LogP) is 3.91. The Bertz CT molecular complexity index is 552. The van der Waals surface area contributed by atoms with E-state index >= 15 is 0 Å². The third-order valence-corrected chi connectivity index (χ3v) is 2.45. The van der Waals surface area contributed by atoms with Crippen LogP contribution in [0.5, 0.6) is 0 Å². The van der Waals surface area contributed by atoms with E-state index in [-0.39, 0.29) is 12.4 Å². The molecule has 5 heteroatoms. The Hall–Kier alpha value is -2.56. The van der Waals surface area contributed by atoms with Gasteiger partial charge in [0, 0.05) is 5.56 Å². The molecule has 0 N–H and O–H groups in total. The molecule has 0 bridgehead atoms. The van der Waals surface area contributed by atoms with Crippen LogP contribution in [-0.2, 0) is 19.0 Å². The van der Waals surface area contributed by atoms with Crippen LogP contribution in [0, 0.1) is 5.41 Å². The first-order valence-corrected chi connectivity index (χ1v) is 6.76. The van der Waals surface area contributed by atoms with Gasteiger partial charge in [-0.1, -0.05) is 43.0 Å². The smallest absolute Gasteiger partial charge is 0.430 e. The van der Waals surface area contributed by atoms with Gasteiger partial charge in [-0.15, -0.1) is 0 Å². The quantitative estimate of drug-likeness (QED) is 0.469. The first-order chi connectivity index (χ1) is 10.3. The van der Waals surface area contributed by atoms with Crippen molar-refractivity contribution in [3.63, 3.8) is 0 Å². The molecule has 1 rings (SSSR count). The fourth-order valence-corrected chi connectivity index (χ4v) is 1.27. The number of ether oxygens (including phenoxy) is 3. The predicted molar refractivity (Wildman–Crippen MR) is 82.6 cm³/mol. The molecule has 22 heavy (non-hydrogen) atoms. The number of esters is 1. The van der Waals surface area contributed by atoms with Crippen molar-refractivity contribution in [1.82, 2.24) is 0 Å². The van der Waals surface area contributed by atoms with Crippen molar-refractivity contribution < 1.29 is 23.8 Å². The summed E-state index contributed by atoms with van der Waals surface area (Å²) in [6.45, 7) is 8.66. The second-order valence-electron chi connectivity index (χ2n) is 5.46. The molecule has 0 radical (unpaired) electrons. The van der Waals surface area contributed by atoms with E-state index < -0.39 is 17.5 Å². The van der Waals surface area contributed by atoms with E-state index in [9.17, 15) is 9.59 Å². The van der Waals surface area contributed by atoms with Gasteiger partial charge in [-0.25, -0.2) is 4.79 Å². The molecule has 118 valence electrons. The highest BCUT2D eigenvalue weighted by Gasteiger charge is 2.25. The average molecular weight is 304 g/mol. The van der Waals surface area contributed by atoms with E-state index in [1.807, 2.05) is 6.07 Å². The van der Waals surface area contributed by atoms with Crippen molar-refractivity contribution in [2.45, 2.75) is 20.8 Å². The first-order valence-electron chi connectivity index (χ1n) is 6.76. The summed E-state index contributed by atoms with van der Waals surface area (Å²) in [6, 6.07) is 8.86. The Morgan fingerprint density at radius 1 is 1.18 bits per heavy atom. The lowest BCUT2D eigenvalue weighted by Gasteiger charge is -2.17. The van der Waals surface area contributed by atoms with Crippen LogP contribution < -0.4 is 0 Å². The molecule has 0 fully saturated rings. The van der Waals surface area contributed by atoms with Crippen LogP contribution >= 0.6 is 0 Å². The molecule has 1 aromatic rings. The number of hydrogen-bond acceptors (Lipinski definition) is 5. The zero-order valence-corrected chi connectivity index (χ0v) is 13.0. The molecule has 0 saturated carbocycles. The normalized spacial score (nSPS) is 11.5. The lowest BCUT2D eigenvalue weighted by molar-refractivity contribution is -0.145. The monoisotopic (exact) mass is 304 g/mol. The van der Waals surface area contributed by atoms with Gasteiger partial charge in [0.15, 0.2) is 5.76 Å². The molecule has 0 aromatic heterocycles. The second-order valence-corrected chi connectivity index (χ2v) is 5.46. The summed E-state index contributed by atoms with van der Waals surface area (Å²) < 4.78 is 14.8. The lowest BCUT2D eigenvalue weighted by atomic mass is 9.97. The van der Waals surface area contributed by atoms with Gasteiger partial charge >= 0.3 is 12.1 Å². The van der Waals surface area contributed by atoms with Crippen LogP contribution in [0.2, 0.25) is 0 Å². The molecule has 0 saturated heterocycles. The topological polar surface area (TPSA) is 61.8 Å². The number of hydrogen-bond donors (Lipinski definition) is 0. The van der Waals surface area contributed by atoms with Crippen LogP contribution in [0.3, 0.4) is 0 Å². The maximum Gasteiger partial charge on any atom is 0.513 e. The van der Waals surface area contributed by atoms with E-state index in [2.05, 4.69) is 11.3 Å². The third kappa shape index (κ3) is 5.83. The number of benzene rings is 1. The molecular weight excluding hydrogens is 284 g/mol. The molecular formula is C17H20O5. The van der Waals surface area contributed by atoms with Gasteiger partial charge < -0.3 is 14.2 Å². The highest BCUT2D eigenvalue weighted by atomic mass is 16.7. The Balaban J connectivity index is 2.90. The van der Waals surface area contributed by atoms with Crippen molar-refractivity contribution in [2.75, 3.05) is 6.61 Å². The Kier molecular flexibility index (Phi) is 6.38. The number of rotatable bonds is 5. The minimum atomic E-state index is -0.903. The minimum absolute atomic E-state index is 0.0368. The van der Waals surface area contributed by atoms with Gasteiger partial charge in [0.25, 0.3) is 0 Å². The summed E-state index contributed by atoms with van der Waals surface area (Å²) >= 11 is 0. The molecule has 0 aliphatic rings. The van der Waals surface area contributed by atoms with Gasteiger partial charge in [-0.2, -0.15) is 0 Å². The Labute approximate surface area is 130 Å². The van der Waals surface area contributed by atoms with E-state index in [1.54, 1.807) is 45.0 Å². The average Bonchev–Trinajstić information content (AvgIpc) is 2.48. The van der Waals surface area contributed by atoms with E-state index in [0.717, 1.165) is 6.26 Å². The van der Waals surface area contributed by atoms with Crippen LogP contribution in [0.1, 0.15) is 26.3 Å². The van der Waals surface area contributed by atoms with Crippen LogP contribution in [0.4, 0.5) is 4.79 Å². The molecule has 0 aliphatic carbocycles. The molecule has 0 heterocycles. The number of carbonyl (C=O) groups is 2. The van der Waals surface area contributed by atoms with Crippen molar-refractivity contribution in [1.29, 1.82) is 0 Å². The van der Waals surface area contributed by atoms with Gasteiger partial charge in [0.1, 0.15) is 12.9 Å². The molecule has 0 amide bonds. The van der Waals surface area contributed by atoms with Crippen molar-refractivity contribution in [2.24, 2.45) is 5.41 Å². The fraction of sp³-hybridized carbons (Fsp3) is 0.294. The van der Waals surface area contributed by atoms with Crippen molar-refractivity contribution in [3.8, 4) is 0 Å². The maximum atomic E-state index is 12.0. The zero-order chi connectivity index (χ0) is 16.6. The zero-order valence-electron chi connectivity index (χ0n) is 13.0. The van der Waals surface area contributed by atoms with Crippen molar-refractivity contribution in [3.05, 3.63) is 54.8 Å². The molecule has 0 atom stereocenters. The van der Waals surface area contributed by atoms with E-state index in [4.69, 9.17) is 9.47 Å². The fourth-order valence-electron chi connectivity index (χ4n) is 1.27. The molecule has 0 unspecified atom stereocenters. The molecule has 0 aliphatic heterocycles. The highest BCUT2D eigenvalue weighted by Crippen LogP contribution is 2.22. The SMILES string of the molecule is C=CCOC(=O)O/C=C(/OC(=O)C(C)(C)C)c1ccccc1. The van der Waals surface area contributed by atoms with E-state index in [1.165, 1.54) is 6.08 Å². The standard InChI is InChI=1S/C17H20O5/c1-5-11-20-16(19)21-12-14(13-9-7-6-8-10-13)22-15(18)17(2,3)4/h5-10,12H,1,11H2,2-4H3/b14-12+. The molecule has 1 aromatic carbocycles. The van der Waals surface area contributed by atoms with E-state index in [0.29, 0.717) is 5.56 Å².